The Kier molecular flexibility index (Phi) is 10.3. The number of rotatable bonds is 8. The van der Waals surface area contributed by atoms with E-state index in [0.717, 1.165) is 152 Å². The van der Waals surface area contributed by atoms with Crippen molar-refractivity contribution in [2.24, 2.45) is 0 Å². The van der Waals surface area contributed by atoms with Gasteiger partial charge in [0.05, 0.1) is 27.4 Å². The summed E-state index contributed by atoms with van der Waals surface area (Å²) < 4.78 is 183. The van der Waals surface area contributed by atoms with Crippen molar-refractivity contribution < 1.29 is 36.2 Å². The lowest BCUT2D eigenvalue weighted by Crippen LogP contribution is -1.91. The first-order valence-electron chi connectivity index (χ1n) is 44.9. The number of hydrogen-bond acceptors (Lipinski definition) is 2. The predicted molar refractivity (Wildman–Crippen MR) is 451 cm³/mol. The molecule has 2 heterocycles. The van der Waals surface area contributed by atoms with Gasteiger partial charge >= 0.3 is 0 Å². The second kappa shape index (κ2) is 25.0. The quantitative estimate of drug-likeness (QED) is 0.112. The average molecular weight is 1370 g/mol. The van der Waals surface area contributed by atoms with E-state index in [2.05, 4.69) is 84.9 Å². The highest BCUT2D eigenvalue weighted by Gasteiger charge is 2.23. The molecule has 0 radical (unpaired) electrons. The van der Waals surface area contributed by atoms with Crippen molar-refractivity contribution in [1.82, 2.24) is 0 Å². The summed E-state index contributed by atoms with van der Waals surface area (Å²) in [5, 5.41) is 18.4. The van der Waals surface area contributed by atoms with Gasteiger partial charge in [-0.25, -0.2) is 0 Å². The third-order valence-electron chi connectivity index (χ3n) is 20.8. The molecule has 0 aliphatic carbocycles. The Balaban J connectivity index is 0.000000154. The van der Waals surface area contributed by atoms with Gasteiger partial charge in [0.15, 0.2) is 0 Å². The van der Waals surface area contributed by atoms with Gasteiger partial charge in [0.2, 0.25) is 0 Å². The molecule has 2 heteroatoms. The highest BCUT2D eigenvalue weighted by Crippen LogP contribution is 2.49. The van der Waals surface area contributed by atoms with Crippen molar-refractivity contribution in [1.29, 1.82) is 0 Å². The summed E-state index contributed by atoms with van der Waals surface area (Å²) in [7, 11) is 0. The summed E-state index contributed by atoms with van der Waals surface area (Å²) >= 11 is 0. The highest BCUT2D eigenvalue weighted by molar-refractivity contribution is 6.26. The van der Waals surface area contributed by atoms with Gasteiger partial charge in [-0.3, -0.25) is 0 Å². The smallest absolute Gasteiger partial charge is 0.143 e. The number of furan rings is 2. The van der Waals surface area contributed by atoms with E-state index in [0.29, 0.717) is 44.6 Å². The minimum atomic E-state index is -0.448. The fraction of sp³-hybridized carbons (Fsp3) is 0. The topological polar surface area (TPSA) is 26.3 Å². The molecule has 0 N–H and O–H groups in total. The summed E-state index contributed by atoms with van der Waals surface area (Å²) in [4.78, 5) is 0. The van der Waals surface area contributed by atoms with Gasteiger partial charge in [0, 0.05) is 27.1 Å². The van der Waals surface area contributed by atoms with Gasteiger partial charge in [0.1, 0.15) is 22.3 Å². The van der Waals surface area contributed by atoms with Crippen molar-refractivity contribution in [3.05, 3.63) is 388 Å². The monoisotopic (exact) mass is 1360 g/mol. The molecule has 22 aromatic rings. The summed E-state index contributed by atoms with van der Waals surface area (Å²) in [6, 6.07) is 81.4. The molecule has 0 aliphatic heterocycles. The van der Waals surface area contributed by atoms with E-state index in [1.807, 2.05) is 164 Å². The summed E-state index contributed by atoms with van der Waals surface area (Å²) in [6.45, 7) is 0. The molecule has 0 bridgehead atoms. The molecule has 0 spiro atoms. The minimum Gasteiger partial charge on any atom is -0.456 e. The maximum absolute atomic E-state index is 8.95. The third kappa shape index (κ3) is 10.0. The van der Waals surface area contributed by atoms with E-state index < -0.39 is 48.3 Å². The molecule has 2 nitrogen and oxygen atoms in total. The van der Waals surface area contributed by atoms with Crippen LogP contribution in [-0.2, 0) is 0 Å². The van der Waals surface area contributed by atoms with Crippen LogP contribution in [0.4, 0.5) is 0 Å². The number of fused-ring (bicyclic) bond motifs is 16. The molecule has 106 heavy (non-hydrogen) atoms. The second-order valence-corrected chi connectivity index (χ2v) is 26.5. The van der Waals surface area contributed by atoms with Crippen LogP contribution in [0.15, 0.2) is 397 Å². The molecule has 0 atom stereocenters. The van der Waals surface area contributed by atoms with Crippen LogP contribution in [0.3, 0.4) is 0 Å². The van der Waals surface area contributed by atoms with Gasteiger partial charge in [-0.2, -0.15) is 0 Å². The lowest BCUT2D eigenvalue weighted by Gasteiger charge is -2.19. The molecule has 0 amide bonds. The van der Waals surface area contributed by atoms with E-state index in [9.17, 15) is 0 Å². The van der Waals surface area contributed by atoms with Crippen molar-refractivity contribution in [3.8, 4) is 89.0 Å². The van der Waals surface area contributed by atoms with Gasteiger partial charge in [-0.1, -0.05) is 327 Å². The first-order chi connectivity index (χ1) is 60.9. The number of para-hydroxylation sites is 1. The zero-order chi connectivity index (χ0) is 87.2. The molecule has 0 saturated heterocycles. The molecule has 0 saturated carbocycles. The normalized spacial score (nSPS) is 14.4. The molecule has 22 rings (SSSR count). The van der Waals surface area contributed by atoms with Crippen molar-refractivity contribution >= 4 is 130 Å². The fourth-order valence-corrected chi connectivity index (χ4v) is 16.2. The van der Waals surface area contributed by atoms with Crippen LogP contribution in [0.2, 0.25) is 0 Å². The lowest BCUT2D eigenvalue weighted by atomic mass is 9.84. The molecule has 20 aromatic carbocycles. The average Bonchev–Trinajstić information content (AvgIpc) is 0.923. The van der Waals surface area contributed by atoms with Gasteiger partial charge in [-0.05, 0) is 230 Å². The van der Waals surface area contributed by atoms with Gasteiger partial charge in [0.25, 0.3) is 0 Å². The Labute approximate surface area is 640 Å². The number of benzene rings is 20. The van der Waals surface area contributed by atoms with Crippen LogP contribution in [0, 0.1) is 0 Å². The van der Waals surface area contributed by atoms with Gasteiger partial charge in [-0.15, -0.1) is 0 Å². The Morgan fingerprint density at radius 3 is 1.10 bits per heavy atom. The molecule has 0 unspecified atom stereocenters. The van der Waals surface area contributed by atoms with Crippen molar-refractivity contribution in [2.45, 2.75) is 0 Å². The van der Waals surface area contributed by atoms with Crippen molar-refractivity contribution in [2.75, 3.05) is 0 Å². The SMILES string of the molecule is [2H]c1c([2H])c([2H])c(-c2c3ccccc3c(-c3ccc4c(c3)cc(-c3ccc5oc6c(-c7c([2H])c([2H])c([2H])c([2H])c7[2H])cccc6c5c3)c3ccccc34)c3ccccc23)c([2H])c1[2H].[2H]c1c([2H])c([2H])c(-c2ccc3c(c2)oc2cc(-c4cc5ccccc5c5ccc(-c6c7ccccc7c(-c7c([2H])c([2H])c([2H])c([2H])c7[2H])c7ccccc67)cc45)ccc23)c([2H])c1[2H]. The maximum Gasteiger partial charge on any atom is 0.143 e. The molecule has 0 fully saturated rings. The Morgan fingerprint density at radius 2 is 0.538 bits per heavy atom. The zero-order valence-corrected chi connectivity index (χ0v) is 56.2. The zero-order valence-electron chi connectivity index (χ0n) is 76.2. The minimum absolute atomic E-state index is 0.0893. The largest absolute Gasteiger partial charge is 0.456 e. The van der Waals surface area contributed by atoms with Crippen LogP contribution in [0.25, 0.3) is 219 Å². The van der Waals surface area contributed by atoms with Crippen LogP contribution < -0.4 is 0 Å². The van der Waals surface area contributed by atoms with Crippen LogP contribution in [-0.4, -0.2) is 0 Å². The Hall–Kier alpha value is -13.9. The Bertz CT molecular complexity index is 8400. The van der Waals surface area contributed by atoms with E-state index in [-0.39, 0.29) is 94.8 Å². The lowest BCUT2D eigenvalue weighted by molar-refractivity contribution is 0.669. The third-order valence-corrected chi connectivity index (χ3v) is 20.8. The Morgan fingerprint density at radius 1 is 0.170 bits per heavy atom. The standard InChI is InChI=1S/2C52H32O/c1-3-14-33(15-4-1)39-24-13-25-46-48-31-35(27-29-49(48)53-52(39)46)47-32-37-30-36(26-28-38(37)40-18-7-8-19-41(40)47)51-44-22-11-9-20-42(44)50(34-16-5-2-6-17-34)43-21-10-12-23-45(43)51;1-3-13-33(14-4-1)35-23-27-41-42-28-24-37(32-50(42)53-49(41)31-35)47-29-36-17-7-8-18-39(36)40-26-25-38(30-48(40)47)52-45-21-11-9-19-43(45)51(34-15-5-2-6-16-34)44-20-10-12-22-46(44)52/h2*1-32H/i1D,2D,3D,4D,5D,6D,14D,15D,16D,17D;1D,2D,3D,4D,5D,6D,13D,14D,15D,16D. The molecule has 0 aliphatic rings. The van der Waals surface area contributed by atoms with E-state index >= 15 is 0 Å². The predicted octanol–water partition coefficient (Wildman–Crippen LogP) is 29.7. The van der Waals surface area contributed by atoms with Crippen molar-refractivity contribution in [3.63, 3.8) is 0 Å². The molecular formula is C104H64O2. The molecule has 492 valence electrons. The first-order valence-corrected chi connectivity index (χ1v) is 34.9. The van der Waals surface area contributed by atoms with E-state index in [1.165, 1.54) is 0 Å². The first kappa shape index (κ1) is 43.8. The second-order valence-electron chi connectivity index (χ2n) is 26.5. The van der Waals surface area contributed by atoms with Crippen LogP contribution >= 0.6 is 0 Å². The van der Waals surface area contributed by atoms with E-state index in [1.54, 1.807) is 18.2 Å². The fourth-order valence-electron chi connectivity index (χ4n) is 16.2. The van der Waals surface area contributed by atoms with Crippen LogP contribution in [0.1, 0.15) is 27.4 Å². The maximum atomic E-state index is 8.95. The molecular weight excluding hydrogens is 1280 g/mol. The van der Waals surface area contributed by atoms with Gasteiger partial charge < -0.3 is 8.83 Å². The summed E-state index contributed by atoms with van der Waals surface area (Å²) in [5.41, 5.74) is 12.5. The summed E-state index contributed by atoms with van der Waals surface area (Å²) in [5.74, 6) is 0. The highest BCUT2D eigenvalue weighted by atomic mass is 16.3. The summed E-state index contributed by atoms with van der Waals surface area (Å²) in [6.07, 6.45) is 0. The molecule has 2 aromatic heterocycles. The van der Waals surface area contributed by atoms with E-state index in [4.69, 9.17) is 36.2 Å². The number of hydrogen-bond donors (Lipinski definition) is 0. The van der Waals surface area contributed by atoms with Crippen LogP contribution in [0.5, 0.6) is 0 Å².